The van der Waals surface area contributed by atoms with Gasteiger partial charge in [0.25, 0.3) is 5.91 Å². The quantitative estimate of drug-likeness (QED) is 0.791. The van der Waals surface area contributed by atoms with Crippen LogP contribution in [-0.2, 0) is 10.0 Å². The zero-order valence-electron chi connectivity index (χ0n) is 11.1. The summed E-state index contributed by atoms with van der Waals surface area (Å²) in [5.74, 6) is -0.120. The van der Waals surface area contributed by atoms with Crippen molar-refractivity contribution < 1.29 is 13.2 Å². The largest absolute Gasteiger partial charge is 0.399 e. The van der Waals surface area contributed by atoms with Gasteiger partial charge in [-0.25, -0.2) is 13.1 Å². The molecular formula is C12H18ClN3O3S. The molecule has 1 fully saturated rings. The van der Waals surface area contributed by atoms with Crippen LogP contribution in [0.15, 0.2) is 24.3 Å². The van der Waals surface area contributed by atoms with Crippen LogP contribution in [0.1, 0.15) is 16.8 Å². The van der Waals surface area contributed by atoms with Gasteiger partial charge in [-0.1, -0.05) is 6.07 Å². The summed E-state index contributed by atoms with van der Waals surface area (Å²) in [6.45, 7) is 0.932. The molecule has 0 aromatic heterocycles. The van der Waals surface area contributed by atoms with Crippen molar-refractivity contribution in [2.24, 2.45) is 0 Å². The summed E-state index contributed by atoms with van der Waals surface area (Å²) in [7, 11) is -3.24. The molecule has 6 nitrogen and oxygen atoms in total. The summed E-state index contributed by atoms with van der Waals surface area (Å²) in [5, 5.41) is 0. The molecule has 1 aliphatic heterocycles. The Hall–Kier alpha value is -1.31. The lowest BCUT2D eigenvalue weighted by atomic mass is 10.2. The van der Waals surface area contributed by atoms with Gasteiger partial charge in [0, 0.05) is 30.4 Å². The molecule has 0 radical (unpaired) electrons. The van der Waals surface area contributed by atoms with E-state index in [9.17, 15) is 13.2 Å². The number of hydrogen-bond donors (Lipinski definition) is 2. The summed E-state index contributed by atoms with van der Waals surface area (Å²) >= 11 is 0. The van der Waals surface area contributed by atoms with E-state index in [1.165, 1.54) is 0 Å². The van der Waals surface area contributed by atoms with Gasteiger partial charge in [0.1, 0.15) is 0 Å². The first-order valence-corrected chi connectivity index (χ1v) is 7.86. The van der Waals surface area contributed by atoms with Gasteiger partial charge >= 0.3 is 0 Å². The molecule has 1 unspecified atom stereocenters. The van der Waals surface area contributed by atoms with Gasteiger partial charge in [-0.3, -0.25) is 4.79 Å². The number of sulfonamides is 1. The number of halogens is 1. The van der Waals surface area contributed by atoms with Crippen LogP contribution < -0.4 is 10.5 Å². The molecular weight excluding hydrogens is 302 g/mol. The number of carbonyl (C=O) groups is 1. The van der Waals surface area contributed by atoms with Gasteiger partial charge in [-0.05, 0) is 24.6 Å². The molecule has 0 saturated carbocycles. The number of carbonyl (C=O) groups excluding carboxylic acids is 1. The van der Waals surface area contributed by atoms with Crippen molar-refractivity contribution >= 4 is 34.0 Å². The Morgan fingerprint density at radius 3 is 2.75 bits per heavy atom. The molecule has 1 heterocycles. The van der Waals surface area contributed by atoms with Crippen molar-refractivity contribution in [1.82, 2.24) is 9.62 Å². The summed E-state index contributed by atoms with van der Waals surface area (Å²) in [5.41, 5.74) is 6.71. The van der Waals surface area contributed by atoms with E-state index in [1.54, 1.807) is 29.2 Å². The second kappa shape index (κ2) is 6.43. The van der Waals surface area contributed by atoms with Crippen molar-refractivity contribution in [3.63, 3.8) is 0 Å². The maximum atomic E-state index is 12.2. The zero-order chi connectivity index (χ0) is 14.0. The Labute approximate surface area is 124 Å². The molecule has 1 amide bonds. The molecule has 0 aliphatic carbocycles. The number of nitrogens with two attached hydrogens (primary N) is 1. The second-order valence-electron chi connectivity index (χ2n) is 4.75. The minimum atomic E-state index is -3.24. The molecule has 20 heavy (non-hydrogen) atoms. The van der Waals surface area contributed by atoms with Crippen LogP contribution in [0.4, 0.5) is 5.69 Å². The van der Waals surface area contributed by atoms with E-state index in [2.05, 4.69) is 4.72 Å². The summed E-state index contributed by atoms with van der Waals surface area (Å²) in [6.07, 6.45) is 1.75. The van der Waals surface area contributed by atoms with E-state index in [1.807, 2.05) is 0 Å². The second-order valence-corrected chi connectivity index (χ2v) is 6.53. The van der Waals surface area contributed by atoms with Gasteiger partial charge < -0.3 is 10.6 Å². The number of nitrogens with one attached hydrogen (secondary N) is 1. The minimum Gasteiger partial charge on any atom is -0.399 e. The molecule has 1 saturated heterocycles. The molecule has 1 aliphatic rings. The highest BCUT2D eigenvalue weighted by Crippen LogP contribution is 2.15. The molecule has 1 aromatic rings. The topological polar surface area (TPSA) is 92.5 Å². The van der Waals surface area contributed by atoms with E-state index < -0.39 is 10.0 Å². The van der Waals surface area contributed by atoms with Crippen LogP contribution in [0.25, 0.3) is 0 Å². The molecule has 3 N–H and O–H groups in total. The number of nitrogen functional groups attached to an aromatic ring is 1. The van der Waals surface area contributed by atoms with Crippen molar-refractivity contribution in [2.75, 3.05) is 25.1 Å². The third-order valence-electron chi connectivity index (χ3n) is 2.99. The first-order valence-electron chi connectivity index (χ1n) is 5.97. The number of likely N-dealkylation sites (tertiary alicyclic amines) is 1. The number of rotatable bonds is 3. The molecule has 0 bridgehead atoms. The van der Waals surface area contributed by atoms with Crippen LogP contribution in [0.3, 0.4) is 0 Å². The number of nitrogens with zero attached hydrogens (tertiary/aromatic N) is 1. The summed E-state index contributed by atoms with van der Waals surface area (Å²) < 4.78 is 24.8. The van der Waals surface area contributed by atoms with E-state index in [0.29, 0.717) is 30.8 Å². The minimum absolute atomic E-state index is 0. The van der Waals surface area contributed by atoms with Crippen LogP contribution >= 0.6 is 12.4 Å². The van der Waals surface area contributed by atoms with Crippen molar-refractivity contribution in [1.29, 1.82) is 0 Å². The SMILES string of the molecule is CS(=O)(=O)NC1CCN(C(=O)c2cccc(N)c2)C1.Cl. The van der Waals surface area contributed by atoms with E-state index in [4.69, 9.17) is 5.73 Å². The number of amides is 1. The predicted octanol–water partition coefficient (Wildman–Crippen LogP) is 0.454. The first-order chi connectivity index (χ1) is 8.85. The smallest absolute Gasteiger partial charge is 0.253 e. The van der Waals surface area contributed by atoms with E-state index in [0.717, 1.165) is 6.26 Å². The fraction of sp³-hybridized carbons (Fsp3) is 0.417. The van der Waals surface area contributed by atoms with Gasteiger partial charge in [-0.15, -0.1) is 12.4 Å². The lowest BCUT2D eigenvalue weighted by Crippen LogP contribution is -2.37. The molecule has 8 heteroatoms. The van der Waals surface area contributed by atoms with Crippen molar-refractivity contribution in [3.8, 4) is 0 Å². The highest BCUT2D eigenvalue weighted by molar-refractivity contribution is 7.88. The van der Waals surface area contributed by atoms with Gasteiger partial charge in [0.15, 0.2) is 0 Å². The van der Waals surface area contributed by atoms with Gasteiger partial charge in [-0.2, -0.15) is 0 Å². The number of hydrogen-bond acceptors (Lipinski definition) is 4. The van der Waals surface area contributed by atoms with E-state index >= 15 is 0 Å². The maximum Gasteiger partial charge on any atom is 0.253 e. The van der Waals surface area contributed by atoms with Crippen molar-refractivity contribution in [2.45, 2.75) is 12.5 Å². The summed E-state index contributed by atoms with van der Waals surface area (Å²) in [6, 6.07) is 6.56. The van der Waals surface area contributed by atoms with Gasteiger partial charge in [0.2, 0.25) is 10.0 Å². The highest BCUT2D eigenvalue weighted by Gasteiger charge is 2.28. The lowest BCUT2D eigenvalue weighted by Gasteiger charge is -2.17. The molecule has 1 atom stereocenters. The Morgan fingerprint density at radius 2 is 2.15 bits per heavy atom. The number of anilines is 1. The fourth-order valence-corrected chi connectivity index (χ4v) is 3.00. The lowest BCUT2D eigenvalue weighted by molar-refractivity contribution is 0.0790. The molecule has 2 rings (SSSR count). The average molecular weight is 320 g/mol. The molecule has 0 spiro atoms. The van der Waals surface area contributed by atoms with Crippen LogP contribution in [-0.4, -0.2) is 44.6 Å². The third-order valence-corrected chi connectivity index (χ3v) is 3.75. The highest BCUT2D eigenvalue weighted by atomic mass is 35.5. The van der Waals surface area contributed by atoms with Crippen LogP contribution in [0.5, 0.6) is 0 Å². The van der Waals surface area contributed by atoms with Crippen LogP contribution in [0, 0.1) is 0 Å². The fourth-order valence-electron chi connectivity index (χ4n) is 2.20. The van der Waals surface area contributed by atoms with E-state index in [-0.39, 0.29) is 24.4 Å². The van der Waals surface area contributed by atoms with Crippen molar-refractivity contribution in [3.05, 3.63) is 29.8 Å². The van der Waals surface area contributed by atoms with Gasteiger partial charge in [0.05, 0.1) is 6.26 Å². The zero-order valence-corrected chi connectivity index (χ0v) is 12.7. The molecule has 112 valence electrons. The summed E-state index contributed by atoms with van der Waals surface area (Å²) in [4.78, 5) is 13.8. The average Bonchev–Trinajstić information content (AvgIpc) is 2.74. The van der Waals surface area contributed by atoms with Crippen LogP contribution in [0.2, 0.25) is 0 Å². The molecule has 1 aromatic carbocycles. The Balaban J connectivity index is 0.00000200. The first kappa shape index (κ1) is 16.7. The standard InChI is InChI=1S/C12H17N3O3S.ClH/c1-19(17,18)14-11-5-6-15(8-11)12(16)9-3-2-4-10(13)7-9;/h2-4,7,11,14H,5-6,8,13H2,1H3;1H. The predicted molar refractivity (Wildman–Crippen MR) is 80.4 cm³/mol. The maximum absolute atomic E-state index is 12.2. The normalized spacial score (nSPS) is 18.6. The third kappa shape index (κ3) is 4.36. The Morgan fingerprint density at radius 1 is 1.45 bits per heavy atom. The Bertz CT molecular complexity index is 591. The Kier molecular flexibility index (Phi) is 5.38. The monoisotopic (exact) mass is 319 g/mol. The number of benzene rings is 1.